The van der Waals surface area contributed by atoms with Gasteiger partial charge in [-0.15, -0.1) is 0 Å². The number of hydrogen-bond acceptors (Lipinski definition) is 5. The summed E-state index contributed by atoms with van der Waals surface area (Å²) in [5, 5.41) is 19.1. The predicted octanol–water partition coefficient (Wildman–Crippen LogP) is 8.14. The van der Waals surface area contributed by atoms with Gasteiger partial charge >= 0.3 is 0 Å². The van der Waals surface area contributed by atoms with Crippen LogP contribution >= 0.6 is 0 Å². The van der Waals surface area contributed by atoms with Crippen LogP contribution in [-0.4, -0.2) is 19.2 Å². The summed E-state index contributed by atoms with van der Waals surface area (Å²) in [6.07, 6.45) is 0. The number of rotatable bonds is 1. The quantitative estimate of drug-likeness (QED) is 0.123. The zero-order valence-electron chi connectivity index (χ0n) is 26.6. The Bertz CT molecular complexity index is 3220. The van der Waals surface area contributed by atoms with E-state index in [-0.39, 0.29) is 22.2 Å². The molecular weight excluding hydrogens is 624 g/mol. The molecule has 1 aliphatic rings. The molecule has 0 spiro atoms. The van der Waals surface area contributed by atoms with Crippen LogP contribution < -0.4 is 21.6 Å². The molecule has 0 saturated heterocycles. The Morgan fingerprint density at radius 1 is 0.520 bits per heavy atom. The molecule has 0 aliphatic carbocycles. The van der Waals surface area contributed by atoms with E-state index in [0.29, 0.717) is 76.7 Å². The molecule has 6 aromatic carbocycles. The summed E-state index contributed by atoms with van der Waals surface area (Å²) in [4.78, 5) is 45.2. The molecule has 3 N–H and O–H groups in total. The third-order valence-electron chi connectivity index (χ3n) is 10.1. The first-order valence-electron chi connectivity index (χ1n) is 16.3. The van der Waals surface area contributed by atoms with Crippen molar-refractivity contribution in [3.8, 4) is 0 Å². The van der Waals surface area contributed by atoms with E-state index in [1.54, 1.807) is 47.0 Å². The zero-order valence-corrected chi connectivity index (χ0v) is 26.6. The van der Waals surface area contributed by atoms with Crippen LogP contribution in [0.15, 0.2) is 136 Å². The lowest BCUT2D eigenvalue weighted by Crippen LogP contribution is -2.16. The number of fused-ring (bicyclic) bond motifs is 8. The van der Waals surface area contributed by atoms with Crippen LogP contribution in [-0.2, 0) is 7.05 Å². The van der Waals surface area contributed by atoms with Gasteiger partial charge in [0.1, 0.15) is 0 Å². The average Bonchev–Trinajstić information content (AvgIpc) is 3.15. The van der Waals surface area contributed by atoms with Gasteiger partial charge in [-0.05, 0) is 66.7 Å². The Hall–Kier alpha value is -6.93. The molecule has 0 bridgehead atoms. The van der Waals surface area contributed by atoms with Crippen molar-refractivity contribution in [1.82, 2.24) is 14.1 Å². The molecule has 0 saturated carbocycles. The lowest BCUT2D eigenvalue weighted by Gasteiger charge is -2.27. The highest BCUT2D eigenvalue weighted by atomic mass is 16.3. The Balaban J connectivity index is 1.38. The van der Waals surface area contributed by atoms with Crippen molar-refractivity contribution in [3.63, 3.8) is 0 Å². The fourth-order valence-corrected chi connectivity index (χ4v) is 7.73. The molecule has 0 fully saturated rings. The van der Waals surface area contributed by atoms with Gasteiger partial charge in [-0.3, -0.25) is 19.0 Å². The number of H-pyrrole nitrogens is 1. The number of nitrogens with one attached hydrogen (secondary N) is 2. The molecule has 1 aliphatic heterocycles. The molecule has 9 aromatic rings. The van der Waals surface area contributed by atoms with Crippen molar-refractivity contribution < 1.29 is 5.11 Å². The van der Waals surface area contributed by atoms with Gasteiger partial charge < -0.3 is 20.0 Å². The number of pyridine rings is 3. The smallest absolute Gasteiger partial charge is 0.204 e. The molecule has 0 amide bonds. The maximum atomic E-state index is 14.2. The third kappa shape index (κ3) is 3.72. The first kappa shape index (κ1) is 28.1. The number of aryl methyl sites for hydroxylation is 1. The van der Waals surface area contributed by atoms with E-state index in [1.165, 1.54) is 0 Å². The van der Waals surface area contributed by atoms with Crippen LogP contribution in [0.2, 0.25) is 0 Å². The van der Waals surface area contributed by atoms with Crippen LogP contribution in [0.5, 0.6) is 0 Å². The van der Waals surface area contributed by atoms with Crippen molar-refractivity contribution in [1.29, 1.82) is 0 Å². The number of aromatic nitrogens is 3. The molecule has 10 rings (SSSR count). The molecule has 0 unspecified atom stereocenters. The van der Waals surface area contributed by atoms with Crippen LogP contribution in [0.1, 0.15) is 11.1 Å². The van der Waals surface area contributed by atoms with Crippen LogP contribution in [0, 0.1) is 0 Å². The summed E-state index contributed by atoms with van der Waals surface area (Å²) < 4.78 is 3.60. The highest BCUT2D eigenvalue weighted by Crippen LogP contribution is 2.44. The van der Waals surface area contributed by atoms with Gasteiger partial charge in [0.05, 0.1) is 33.2 Å². The predicted molar refractivity (Wildman–Crippen MR) is 203 cm³/mol. The van der Waals surface area contributed by atoms with Crippen molar-refractivity contribution in [3.05, 3.63) is 163 Å². The summed E-state index contributed by atoms with van der Waals surface area (Å²) in [7, 11) is 1.88. The van der Waals surface area contributed by atoms with Gasteiger partial charge in [0, 0.05) is 67.4 Å². The Kier molecular flexibility index (Phi) is 5.65. The maximum absolute atomic E-state index is 14.2. The van der Waals surface area contributed by atoms with Gasteiger partial charge in [-0.25, -0.2) is 0 Å². The summed E-state index contributed by atoms with van der Waals surface area (Å²) in [5.41, 5.74) is 6.46. The maximum Gasteiger partial charge on any atom is 0.204 e. The van der Waals surface area contributed by atoms with Crippen LogP contribution in [0.4, 0.5) is 11.4 Å². The SMILES string of the molecule is Cn1c2ccccc2c(=O)c2cc3c(cc21)c(=O)c1ccccc1n3/C(O)=C1/c2ccccc2Nc2cc3c(=O)c4ccccc4[nH]c3cc21. The first-order valence-corrected chi connectivity index (χ1v) is 16.3. The van der Waals surface area contributed by atoms with E-state index in [1.807, 2.05) is 90.5 Å². The number of aromatic amines is 1. The number of nitrogens with zero attached hydrogens (tertiary/aromatic N) is 2. The standard InChI is InChI=1S/C42H26N4O4/c1-45-34-16-8-4-12-24(34)40(48)28-21-37-29(20-36(28)45)41(49)25-13-5-9-17-35(25)46(37)42(50)38-22-10-2-6-14-30(22)43-32-19-27-33(18-26(32)38)44-31-15-7-3-11-23(31)39(27)47/h2-21,43,50H,1H3,(H,44,47)/b42-38+. The Morgan fingerprint density at radius 3 is 1.92 bits per heavy atom. The molecule has 8 heteroatoms. The Morgan fingerprint density at radius 2 is 1.12 bits per heavy atom. The Labute approximate surface area is 282 Å². The lowest BCUT2D eigenvalue weighted by molar-refractivity contribution is 0.480. The normalized spacial score (nSPS) is 13.6. The highest BCUT2D eigenvalue weighted by Gasteiger charge is 2.27. The largest absolute Gasteiger partial charge is 0.494 e. The second-order valence-corrected chi connectivity index (χ2v) is 12.8. The summed E-state index contributed by atoms with van der Waals surface area (Å²) in [6, 6.07) is 36.8. The molecule has 50 heavy (non-hydrogen) atoms. The molecule has 238 valence electrons. The minimum absolute atomic E-state index is 0.0917. The number of hydrogen-bond donors (Lipinski definition) is 3. The van der Waals surface area contributed by atoms with E-state index >= 15 is 0 Å². The topological polar surface area (TPSA) is 109 Å². The van der Waals surface area contributed by atoms with E-state index in [9.17, 15) is 19.5 Å². The minimum atomic E-state index is -0.200. The number of aliphatic hydroxyl groups excluding tert-OH is 1. The van der Waals surface area contributed by atoms with Crippen molar-refractivity contribution in [2.45, 2.75) is 0 Å². The van der Waals surface area contributed by atoms with E-state index in [4.69, 9.17) is 0 Å². The van der Waals surface area contributed by atoms with Crippen LogP contribution in [0.3, 0.4) is 0 Å². The number of para-hydroxylation sites is 4. The van der Waals surface area contributed by atoms with Gasteiger partial charge in [0.2, 0.25) is 5.88 Å². The van der Waals surface area contributed by atoms with Crippen molar-refractivity contribution >= 4 is 88.2 Å². The second kappa shape index (κ2) is 10.0. The average molecular weight is 651 g/mol. The van der Waals surface area contributed by atoms with Crippen LogP contribution in [0.25, 0.3) is 76.9 Å². The zero-order chi connectivity index (χ0) is 33.8. The van der Waals surface area contributed by atoms with Gasteiger partial charge in [0.15, 0.2) is 16.3 Å². The number of anilines is 2. The van der Waals surface area contributed by atoms with Gasteiger partial charge in [-0.1, -0.05) is 54.6 Å². The number of aliphatic hydroxyl groups is 1. The highest BCUT2D eigenvalue weighted by molar-refractivity contribution is 6.10. The molecule has 3 aromatic heterocycles. The minimum Gasteiger partial charge on any atom is -0.494 e. The van der Waals surface area contributed by atoms with E-state index in [2.05, 4.69) is 10.3 Å². The molecule has 4 heterocycles. The summed E-state index contributed by atoms with van der Waals surface area (Å²) in [5.74, 6) is -0.124. The molecule has 0 atom stereocenters. The fraction of sp³-hybridized carbons (Fsp3) is 0.0238. The number of benzene rings is 6. The van der Waals surface area contributed by atoms with Gasteiger partial charge in [0.25, 0.3) is 0 Å². The third-order valence-corrected chi connectivity index (χ3v) is 10.1. The monoisotopic (exact) mass is 650 g/mol. The fourth-order valence-electron chi connectivity index (χ4n) is 7.73. The van der Waals surface area contributed by atoms with Crippen molar-refractivity contribution in [2.75, 3.05) is 5.32 Å². The van der Waals surface area contributed by atoms with E-state index < -0.39 is 0 Å². The van der Waals surface area contributed by atoms with Crippen molar-refractivity contribution in [2.24, 2.45) is 7.05 Å². The second-order valence-electron chi connectivity index (χ2n) is 12.8. The molecule has 8 nitrogen and oxygen atoms in total. The van der Waals surface area contributed by atoms with Gasteiger partial charge in [-0.2, -0.15) is 0 Å². The lowest BCUT2D eigenvalue weighted by atomic mass is 9.90. The summed E-state index contributed by atoms with van der Waals surface area (Å²) >= 11 is 0. The molecule has 0 radical (unpaired) electrons. The summed E-state index contributed by atoms with van der Waals surface area (Å²) in [6.45, 7) is 0. The molecular formula is C42H26N4O4. The van der Waals surface area contributed by atoms with E-state index in [0.717, 1.165) is 16.8 Å². The first-order chi connectivity index (χ1) is 24.4.